The lowest BCUT2D eigenvalue weighted by Gasteiger charge is -1.96. The lowest BCUT2D eigenvalue weighted by molar-refractivity contribution is 0.740. The van der Waals surface area contributed by atoms with Crippen molar-refractivity contribution in [2.75, 3.05) is 0 Å². The van der Waals surface area contributed by atoms with E-state index in [0.29, 0.717) is 5.82 Å². The second kappa shape index (κ2) is 4.45. The summed E-state index contributed by atoms with van der Waals surface area (Å²) < 4.78 is 3.57. The first kappa shape index (κ1) is 12.2. The molecule has 0 atom stereocenters. The SMILES string of the molecule is Cc1c(-c2nnc3sc(-c4cccnc4)nn23)cnn1C. The molecule has 0 aromatic carbocycles. The first-order chi connectivity index (χ1) is 10.2. The van der Waals surface area contributed by atoms with Crippen molar-refractivity contribution in [2.24, 2.45) is 7.05 Å². The molecule has 4 rings (SSSR count). The molecule has 0 radical (unpaired) electrons. The third-order valence-electron chi connectivity index (χ3n) is 3.38. The Balaban J connectivity index is 1.89. The molecule has 0 bridgehead atoms. The van der Waals surface area contributed by atoms with Gasteiger partial charge in [-0.25, -0.2) is 0 Å². The van der Waals surface area contributed by atoms with Crippen molar-refractivity contribution < 1.29 is 0 Å². The van der Waals surface area contributed by atoms with E-state index >= 15 is 0 Å². The van der Waals surface area contributed by atoms with Gasteiger partial charge in [-0.15, -0.1) is 10.2 Å². The van der Waals surface area contributed by atoms with E-state index in [1.807, 2.05) is 30.8 Å². The number of nitrogens with zero attached hydrogens (tertiary/aromatic N) is 7. The van der Waals surface area contributed by atoms with Crippen LogP contribution in [0.3, 0.4) is 0 Å². The first-order valence-electron chi connectivity index (χ1n) is 6.35. The van der Waals surface area contributed by atoms with Crippen molar-refractivity contribution in [3.8, 4) is 22.0 Å². The van der Waals surface area contributed by atoms with Gasteiger partial charge >= 0.3 is 0 Å². The minimum Gasteiger partial charge on any atom is -0.272 e. The fourth-order valence-corrected chi connectivity index (χ4v) is 2.94. The number of hydrogen-bond acceptors (Lipinski definition) is 6. The Kier molecular flexibility index (Phi) is 2.58. The van der Waals surface area contributed by atoms with Crippen molar-refractivity contribution in [1.82, 2.24) is 34.6 Å². The van der Waals surface area contributed by atoms with Crippen LogP contribution >= 0.6 is 11.3 Å². The van der Waals surface area contributed by atoms with E-state index < -0.39 is 0 Å². The van der Waals surface area contributed by atoms with Crippen LogP contribution in [0.5, 0.6) is 0 Å². The van der Waals surface area contributed by atoms with Gasteiger partial charge in [-0.2, -0.15) is 14.7 Å². The van der Waals surface area contributed by atoms with Crippen molar-refractivity contribution in [3.05, 3.63) is 36.4 Å². The zero-order chi connectivity index (χ0) is 14.4. The molecule has 0 unspecified atom stereocenters. The normalized spacial score (nSPS) is 11.3. The van der Waals surface area contributed by atoms with Gasteiger partial charge in [0.15, 0.2) is 5.82 Å². The Hall–Kier alpha value is -2.61. The third-order valence-corrected chi connectivity index (χ3v) is 4.32. The van der Waals surface area contributed by atoms with Crippen LogP contribution in [-0.4, -0.2) is 34.6 Å². The van der Waals surface area contributed by atoms with Crippen LogP contribution in [0.4, 0.5) is 0 Å². The van der Waals surface area contributed by atoms with Gasteiger partial charge in [0, 0.05) is 30.7 Å². The highest BCUT2D eigenvalue weighted by Crippen LogP contribution is 2.28. The highest BCUT2D eigenvalue weighted by atomic mass is 32.1. The summed E-state index contributed by atoms with van der Waals surface area (Å²) in [5.41, 5.74) is 2.94. The summed E-state index contributed by atoms with van der Waals surface area (Å²) >= 11 is 1.49. The second-order valence-electron chi connectivity index (χ2n) is 4.63. The monoisotopic (exact) mass is 297 g/mol. The summed E-state index contributed by atoms with van der Waals surface area (Å²) in [4.78, 5) is 4.88. The first-order valence-corrected chi connectivity index (χ1v) is 7.17. The predicted molar refractivity (Wildman–Crippen MR) is 78.8 cm³/mol. The third kappa shape index (κ3) is 1.83. The Labute approximate surface area is 123 Å². The molecule has 4 aromatic rings. The van der Waals surface area contributed by atoms with Gasteiger partial charge in [0.25, 0.3) is 0 Å². The van der Waals surface area contributed by atoms with E-state index in [-0.39, 0.29) is 0 Å². The summed E-state index contributed by atoms with van der Waals surface area (Å²) in [6.07, 6.45) is 5.32. The molecule has 0 aliphatic carbocycles. The van der Waals surface area contributed by atoms with Crippen LogP contribution < -0.4 is 0 Å². The minimum absolute atomic E-state index is 0.710. The van der Waals surface area contributed by atoms with E-state index in [2.05, 4.69) is 25.4 Å². The maximum atomic E-state index is 4.60. The van der Waals surface area contributed by atoms with Gasteiger partial charge in [0.2, 0.25) is 4.96 Å². The maximum Gasteiger partial charge on any atom is 0.235 e. The Morgan fingerprint density at radius 3 is 2.81 bits per heavy atom. The van der Waals surface area contributed by atoms with E-state index in [1.54, 1.807) is 23.1 Å². The molecule has 0 N–H and O–H groups in total. The van der Waals surface area contributed by atoms with E-state index in [4.69, 9.17) is 0 Å². The number of aromatic nitrogens is 7. The van der Waals surface area contributed by atoms with E-state index in [1.165, 1.54) is 11.3 Å². The average Bonchev–Trinajstić information content (AvgIpc) is 3.17. The number of hydrogen-bond donors (Lipinski definition) is 0. The number of rotatable bonds is 2. The van der Waals surface area contributed by atoms with Crippen LogP contribution in [-0.2, 0) is 7.05 Å². The van der Waals surface area contributed by atoms with Crippen molar-refractivity contribution in [2.45, 2.75) is 6.92 Å². The van der Waals surface area contributed by atoms with Crippen LogP contribution in [0.25, 0.3) is 26.9 Å². The lowest BCUT2D eigenvalue weighted by atomic mass is 10.2. The van der Waals surface area contributed by atoms with Gasteiger partial charge in [0.05, 0.1) is 11.8 Å². The smallest absolute Gasteiger partial charge is 0.235 e. The minimum atomic E-state index is 0.710. The highest BCUT2D eigenvalue weighted by molar-refractivity contribution is 7.19. The molecule has 8 heteroatoms. The molecular weight excluding hydrogens is 286 g/mol. The zero-order valence-corrected chi connectivity index (χ0v) is 12.2. The van der Waals surface area contributed by atoms with Crippen molar-refractivity contribution >= 4 is 16.3 Å². The summed E-state index contributed by atoms with van der Waals surface area (Å²) in [7, 11) is 1.90. The fourth-order valence-electron chi connectivity index (χ4n) is 2.11. The van der Waals surface area contributed by atoms with Crippen molar-refractivity contribution in [1.29, 1.82) is 0 Å². The number of pyridine rings is 1. The molecule has 4 heterocycles. The van der Waals surface area contributed by atoms with Crippen LogP contribution in [0.15, 0.2) is 30.7 Å². The summed E-state index contributed by atoms with van der Waals surface area (Å²) in [6.45, 7) is 2.00. The number of aryl methyl sites for hydroxylation is 1. The molecule has 0 aliphatic rings. The van der Waals surface area contributed by atoms with Crippen LogP contribution in [0, 0.1) is 6.92 Å². The quantitative estimate of drug-likeness (QED) is 0.565. The van der Waals surface area contributed by atoms with Gasteiger partial charge < -0.3 is 0 Å². The topological polar surface area (TPSA) is 73.8 Å². The Bertz CT molecular complexity index is 919. The molecule has 0 saturated heterocycles. The molecule has 0 amide bonds. The van der Waals surface area contributed by atoms with Crippen molar-refractivity contribution in [3.63, 3.8) is 0 Å². The average molecular weight is 297 g/mol. The molecule has 4 aromatic heterocycles. The summed E-state index contributed by atoms with van der Waals surface area (Å²) in [6, 6.07) is 3.87. The van der Waals surface area contributed by atoms with Gasteiger partial charge in [-0.3, -0.25) is 9.67 Å². The van der Waals surface area contributed by atoms with E-state index in [0.717, 1.165) is 26.8 Å². The van der Waals surface area contributed by atoms with Crippen LogP contribution in [0.2, 0.25) is 0 Å². The van der Waals surface area contributed by atoms with Gasteiger partial charge in [-0.05, 0) is 19.1 Å². The largest absolute Gasteiger partial charge is 0.272 e. The molecular formula is C13H11N7S. The Morgan fingerprint density at radius 1 is 1.19 bits per heavy atom. The van der Waals surface area contributed by atoms with Gasteiger partial charge in [0.1, 0.15) is 5.01 Å². The molecule has 104 valence electrons. The Morgan fingerprint density at radius 2 is 2.10 bits per heavy atom. The fraction of sp³-hybridized carbons (Fsp3) is 0.154. The number of fused-ring (bicyclic) bond motifs is 1. The standard InChI is InChI=1S/C13H11N7S/c1-8-10(7-15-19(8)2)11-16-17-13-20(11)18-12(21-13)9-4-3-5-14-6-9/h3-7H,1-2H3. The summed E-state index contributed by atoms with van der Waals surface area (Å²) in [5.74, 6) is 0.710. The molecule has 0 saturated carbocycles. The zero-order valence-electron chi connectivity index (χ0n) is 11.4. The van der Waals surface area contributed by atoms with Crippen LogP contribution in [0.1, 0.15) is 5.69 Å². The molecule has 0 spiro atoms. The van der Waals surface area contributed by atoms with E-state index in [9.17, 15) is 0 Å². The predicted octanol–water partition coefficient (Wildman–Crippen LogP) is 1.96. The molecule has 21 heavy (non-hydrogen) atoms. The molecule has 0 fully saturated rings. The molecule has 7 nitrogen and oxygen atoms in total. The summed E-state index contributed by atoms with van der Waals surface area (Å²) in [5, 5.41) is 18.1. The van der Waals surface area contributed by atoms with Gasteiger partial charge in [-0.1, -0.05) is 11.3 Å². The second-order valence-corrected chi connectivity index (χ2v) is 5.59. The lowest BCUT2D eigenvalue weighted by Crippen LogP contribution is -1.95. The highest BCUT2D eigenvalue weighted by Gasteiger charge is 2.17. The molecule has 0 aliphatic heterocycles. The maximum absolute atomic E-state index is 4.60.